The zero-order valence-electron chi connectivity index (χ0n) is 14.8. The third kappa shape index (κ3) is 8.03. The number of hydrogen-bond acceptors (Lipinski definition) is 2. The molecular formula is C18H20Cl2I3NOV. The van der Waals surface area contributed by atoms with E-state index in [9.17, 15) is 5.11 Å². The Hall–Kier alpha value is 1.39. The monoisotopic (exact) mass is 768 g/mol. The topological polar surface area (TPSA) is 32.6 Å². The van der Waals surface area contributed by atoms with Gasteiger partial charge in [-0.2, -0.15) is 0 Å². The van der Waals surface area contributed by atoms with Gasteiger partial charge in [0.05, 0.1) is 7.14 Å². The zero-order valence-corrected chi connectivity index (χ0v) is 24.2. The minimum Gasteiger partial charge on any atom is -0.506 e. The molecule has 0 aliphatic rings. The molecule has 2 rings (SSSR count). The first kappa shape index (κ1) is 25.4. The molecule has 1 N–H and O–H groups in total. The van der Waals surface area contributed by atoms with E-state index in [0.717, 1.165) is 16.4 Å². The van der Waals surface area contributed by atoms with E-state index in [1.165, 1.54) is 11.1 Å². The van der Waals surface area contributed by atoms with Crippen LogP contribution in [0.4, 0.5) is 5.69 Å². The van der Waals surface area contributed by atoms with Gasteiger partial charge in [0.1, 0.15) is 5.75 Å². The molecule has 143 valence electrons. The number of phenolic OH excluding ortho intramolecular Hbond substituents is 1. The Bertz CT molecular complexity index is 745. The normalized spacial score (nSPS) is 10.6. The van der Waals surface area contributed by atoms with E-state index < -0.39 is 13.1 Å². The fourth-order valence-corrected chi connectivity index (χ4v) is 7.04. The van der Waals surface area contributed by atoms with Crippen LogP contribution in [0.25, 0.3) is 0 Å². The summed E-state index contributed by atoms with van der Waals surface area (Å²) in [5.74, 6) is 1.28. The van der Waals surface area contributed by atoms with Gasteiger partial charge in [0.2, 0.25) is 0 Å². The molecule has 0 amide bonds. The molecule has 0 fully saturated rings. The van der Waals surface area contributed by atoms with E-state index >= 15 is 0 Å². The van der Waals surface area contributed by atoms with Crippen molar-refractivity contribution in [3.8, 4) is 5.75 Å². The molecule has 26 heavy (non-hydrogen) atoms. The Morgan fingerprint density at radius 3 is 1.69 bits per heavy atom. The Labute approximate surface area is 209 Å². The average molecular weight is 769 g/mol. The summed E-state index contributed by atoms with van der Waals surface area (Å²) in [6.45, 7) is 8.66. The Morgan fingerprint density at radius 1 is 0.923 bits per heavy atom. The number of hydrogen-bond donors (Lipinski definition) is 1. The van der Waals surface area contributed by atoms with Gasteiger partial charge < -0.3 is 5.11 Å². The fraction of sp³-hybridized carbons (Fsp3) is 0.333. The summed E-state index contributed by atoms with van der Waals surface area (Å²) in [5.41, 5.74) is 3.51. The Morgan fingerprint density at radius 2 is 1.35 bits per heavy atom. The van der Waals surface area contributed by atoms with E-state index in [4.69, 9.17) is 19.7 Å². The van der Waals surface area contributed by atoms with Crippen LogP contribution in [0.5, 0.6) is 5.75 Å². The second kappa shape index (κ2) is 12.2. The molecule has 0 heterocycles. The molecule has 0 aromatic heterocycles. The predicted octanol–water partition coefficient (Wildman–Crippen LogP) is 8.88. The summed E-state index contributed by atoms with van der Waals surface area (Å²) < 4.78 is 7.46. The van der Waals surface area contributed by atoms with Crippen LogP contribution in [0.15, 0.2) is 34.1 Å². The average Bonchev–Trinajstić information content (AvgIpc) is 2.52. The third-order valence-corrected chi connectivity index (χ3v) is 6.94. The first-order valence-electron chi connectivity index (χ1n) is 7.84. The van der Waals surface area contributed by atoms with Crippen LogP contribution in [0.1, 0.15) is 50.7 Å². The van der Waals surface area contributed by atoms with E-state index in [2.05, 4.69) is 117 Å². The largest absolute Gasteiger partial charge is 0.506 e. The van der Waals surface area contributed by atoms with Crippen molar-refractivity contribution in [1.82, 2.24) is 0 Å². The van der Waals surface area contributed by atoms with Crippen LogP contribution >= 0.6 is 87.5 Å². The van der Waals surface area contributed by atoms with E-state index in [0.29, 0.717) is 17.6 Å². The van der Waals surface area contributed by atoms with Crippen molar-refractivity contribution >= 4 is 93.2 Å². The summed E-state index contributed by atoms with van der Waals surface area (Å²) in [6, 6.07) is 10.2. The van der Waals surface area contributed by atoms with E-state index in [1.54, 1.807) is 0 Å². The molecule has 0 bridgehead atoms. The second-order valence-electron chi connectivity index (χ2n) is 6.13. The number of halogens is 5. The Kier molecular flexibility index (Phi) is 11.9. The maximum absolute atomic E-state index is 9.31. The van der Waals surface area contributed by atoms with Crippen molar-refractivity contribution in [3.05, 3.63) is 52.2 Å². The Balaban J connectivity index is 0.000000289. The van der Waals surface area contributed by atoms with Crippen LogP contribution in [-0.2, 0) is 13.1 Å². The van der Waals surface area contributed by atoms with Crippen LogP contribution in [0, 0.1) is 10.7 Å². The molecule has 8 heteroatoms. The molecule has 0 saturated heterocycles. The maximum atomic E-state index is 9.31. The smallest absolute Gasteiger partial charge is 0.142 e. The predicted molar refractivity (Wildman–Crippen MR) is 135 cm³/mol. The van der Waals surface area contributed by atoms with E-state index in [1.807, 2.05) is 12.1 Å². The molecular weight excluding hydrogens is 749 g/mol. The minimum atomic E-state index is -2.03. The molecule has 0 radical (unpaired) electrons. The summed E-state index contributed by atoms with van der Waals surface area (Å²) in [5, 5.41) is 9.31. The maximum Gasteiger partial charge on any atom is 0.142 e. The van der Waals surface area contributed by atoms with Crippen molar-refractivity contribution in [2.24, 2.45) is 3.79 Å². The van der Waals surface area contributed by atoms with Crippen molar-refractivity contribution in [2.45, 2.75) is 39.5 Å². The molecule has 0 aliphatic heterocycles. The number of rotatable bonds is 3. The first-order valence-corrected chi connectivity index (χ1v) is 15.5. The van der Waals surface area contributed by atoms with Gasteiger partial charge in [-0.25, -0.2) is 0 Å². The summed E-state index contributed by atoms with van der Waals surface area (Å²) in [6.07, 6.45) is 0. The van der Waals surface area contributed by atoms with Crippen molar-refractivity contribution < 1.29 is 18.2 Å². The fourth-order valence-electron chi connectivity index (χ4n) is 2.24. The molecule has 2 nitrogen and oxygen atoms in total. The van der Waals surface area contributed by atoms with Gasteiger partial charge in [0, 0.05) is 3.57 Å². The molecule has 0 spiro atoms. The number of aromatic hydroxyl groups is 1. The molecule has 0 saturated carbocycles. The molecule has 0 unspecified atom stereocenters. The standard InChI is InChI=1S/C12H17N.C6H3I3O.2ClH.V/c1-8(2)10-6-5-7-11(9(3)4)12(10)13;7-3-1-4(8)6(10)5(9)2-3;;;/h5-9H,1-4H3;1-2,10H;2*1H;/q;;;;+2/p-2. The first-order chi connectivity index (χ1) is 12.0. The minimum absolute atomic E-state index is 0.390. The van der Waals surface area contributed by atoms with Crippen molar-refractivity contribution in [2.75, 3.05) is 0 Å². The van der Waals surface area contributed by atoms with Crippen LogP contribution < -0.4 is 0 Å². The van der Waals surface area contributed by atoms with Gasteiger partial charge in [-0.3, -0.25) is 0 Å². The van der Waals surface area contributed by atoms with Crippen molar-refractivity contribution in [3.63, 3.8) is 0 Å². The summed E-state index contributed by atoms with van der Waals surface area (Å²) in [4.78, 5) is 0. The van der Waals surface area contributed by atoms with Crippen LogP contribution in [0.2, 0.25) is 0 Å². The van der Waals surface area contributed by atoms with Crippen LogP contribution in [0.3, 0.4) is 0 Å². The van der Waals surface area contributed by atoms with Crippen molar-refractivity contribution in [1.29, 1.82) is 0 Å². The van der Waals surface area contributed by atoms with Gasteiger partial charge in [0.25, 0.3) is 0 Å². The quantitative estimate of drug-likeness (QED) is 0.311. The molecule has 2 aromatic carbocycles. The molecule has 0 aliphatic carbocycles. The van der Waals surface area contributed by atoms with E-state index in [-0.39, 0.29) is 0 Å². The molecule has 2 aromatic rings. The third-order valence-electron chi connectivity index (χ3n) is 3.50. The molecule has 0 atom stereocenters. The van der Waals surface area contributed by atoms with Gasteiger partial charge in [-0.1, -0.05) is 0 Å². The van der Waals surface area contributed by atoms with Gasteiger partial charge in [-0.05, 0) is 79.9 Å². The van der Waals surface area contributed by atoms with Crippen LogP contribution in [-0.4, -0.2) is 5.11 Å². The van der Waals surface area contributed by atoms with Gasteiger partial charge >= 0.3 is 111 Å². The number of benzene rings is 2. The zero-order chi connectivity index (χ0) is 20.0. The van der Waals surface area contributed by atoms with Gasteiger partial charge in [0.15, 0.2) is 0 Å². The van der Waals surface area contributed by atoms with Gasteiger partial charge in [-0.15, -0.1) is 0 Å². The second-order valence-corrected chi connectivity index (χ2v) is 14.0. The summed E-state index contributed by atoms with van der Waals surface area (Å²) >= 11 is 4.43. The number of phenols is 1. The number of nitrogens with zero attached hydrogens (tertiary/aromatic N) is 1. The summed E-state index contributed by atoms with van der Waals surface area (Å²) in [7, 11) is 11.8. The SMILES string of the molecule is CC(C)c1cccc(C(C)C)c1[N]=[V]([Cl])[Cl].Oc1c(I)cc(I)cc1I.